The van der Waals surface area contributed by atoms with Crippen molar-refractivity contribution in [2.75, 3.05) is 13.2 Å². The van der Waals surface area contributed by atoms with E-state index in [0.717, 1.165) is 33.2 Å². The van der Waals surface area contributed by atoms with Crippen LogP contribution in [0.4, 0.5) is 4.79 Å². The third-order valence-corrected chi connectivity index (χ3v) is 10.5. The van der Waals surface area contributed by atoms with Gasteiger partial charge in [-0.05, 0) is 66.5 Å². The highest BCUT2D eigenvalue weighted by atomic mass is 16.5. The summed E-state index contributed by atoms with van der Waals surface area (Å²) in [5.41, 5.74) is 16.6. The van der Waals surface area contributed by atoms with E-state index in [4.69, 9.17) is 21.6 Å². The second kappa shape index (κ2) is 21.7. The van der Waals surface area contributed by atoms with Crippen LogP contribution in [0.2, 0.25) is 0 Å². The van der Waals surface area contributed by atoms with Crippen molar-refractivity contribution in [1.29, 1.82) is 5.41 Å². The third kappa shape index (κ3) is 11.9. The summed E-state index contributed by atoms with van der Waals surface area (Å²) in [6.45, 7) is 8.96. The monoisotopic (exact) mass is 846 g/mol. The molecule has 4 aromatic rings. The largest absolute Gasteiger partial charge is 0.449 e. The van der Waals surface area contributed by atoms with Crippen LogP contribution in [-0.2, 0) is 35.1 Å². The summed E-state index contributed by atoms with van der Waals surface area (Å²) in [6.07, 6.45) is 4.13. The number of primary amides is 1. The second-order valence-corrected chi connectivity index (χ2v) is 14.9. The SMILES string of the molecule is C=CC[C@H](NC(=O)[C@H](CCCNC(=N)N)NC(=O)[C@H](Cc1c[nH]c2ccccc12)NC(=O)[C@H](C)NC(=O)[C@@H](CC=C)NC(=O)OCC1c2ccccc2-c2ccccc21)C(N)=O. The number of amides is 6. The average Bonchev–Trinajstić information content (AvgIpc) is 3.81. The number of rotatable bonds is 22. The van der Waals surface area contributed by atoms with Crippen molar-refractivity contribution in [2.24, 2.45) is 11.5 Å². The number of aromatic nitrogens is 1. The summed E-state index contributed by atoms with van der Waals surface area (Å²) < 4.78 is 5.65. The maximum Gasteiger partial charge on any atom is 0.407 e. The number of ether oxygens (including phenoxy) is 1. The number of H-pyrrole nitrogens is 1. The van der Waals surface area contributed by atoms with E-state index in [1.807, 2.05) is 72.8 Å². The van der Waals surface area contributed by atoms with Gasteiger partial charge in [0.15, 0.2) is 5.96 Å². The number of benzene rings is 3. The third-order valence-electron chi connectivity index (χ3n) is 10.5. The van der Waals surface area contributed by atoms with Crippen molar-refractivity contribution in [3.05, 3.63) is 121 Å². The predicted octanol–water partition coefficient (Wildman–Crippen LogP) is 2.48. The highest BCUT2D eigenvalue weighted by Crippen LogP contribution is 2.44. The standard InChI is InChI=1S/C45H54N10O7/c1-4-13-35(39(46)56)52-42(59)37(21-12-22-49-44(47)48)53-43(60)38(23-27-24-50-34-20-11-10-15-28(27)34)54-40(57)26(3)51-41(58)36(14-5-2)55-45(61)62-25-33-31-18-8-6-16-29(31)30-17-7-9-19-32(30)33/h4-11,15-20,24,26,33,35-38,50H,1-2,12-14,21-23,25H2,3H3,(H2,46,56)(H,51,58)(H,52,59)(H,53,60)(H,54,57)(H,55,61)(H4,47,48,49)/t26-,35-,36+,37-,38-/m0/s1. The highest BCUT2D eigenvalue weighted by molar-refractivity contribution is 5.96. The molecule has 62 heavy (non-hydrogen) atoms. The molecular weight excluding hydrogens is 793 g/mol. The van der Waals surface area contributed by atoms with Crippen LogP contribution in [0, 0.1) is 5.41 Å². The lowest BCUT2D eigenvalue weighted by Gasteiger charge is -2.26. The van der Waals surface area contributed by atoms with Crippen LogP contribution in [0.5, 0.6) is 0 Å². The van der Waals surface area contributed by atoms with E-state index >= 15 is 0 Å². The Bertz CT molecular complexity index is 2260. The minimum Gasteiger partial charge on any atom is -0.449 e. The molecule has 17 nitrogen and oxygen atoms in total. The summed E-state index contributed by atoms with van der Waals surface area (Å²) in [7, 11) is 0. The van der Waals surface area contributed by atoms with Crippen molar-refractivity contribution in [3.63, 3.8) is 0 Å². The van der Waals surface area contributed by atoms with Crippen molar-refractivity contribution in [3.8, 4) is 11.1 Å². The summed E-state index contributed by atoms with van der Waals surface area (Å²) in [5.74, 6) is -4.14. The van der Waals surface area contributed by atoms with Crippen molar-refractivity contribution < 1.29 is 33.5 Å². The molecule has 1 aliphatic rings. The summed E-state index contributed by atoms with van der Waals surface area (Å²) in [6, 6.07) is 17.3. The van der Waals surface area contributed by atoms with E-state index in [1.165, 1.54) is 19.1 Å². The minimum absolute atomic E-state index is 0.0186. The number of guanidine groups is 1. The lowest BCUT2D eigenvalue weighted by atomic mass is 9.98. The molecular formula is C45H54N10O7. The van der Waals surface area contributed by atoms with E-state index in [2.05, 4.69) is 50.0 Å². The Morgan fingerprint density at radius 3 is 1.95 bits per heavy atom. The molecule has 0 fully saturated rings. The quantitative estimate of drug-likeness (QED) is 0.0241. The molecule has 0 aliphatic heterocycles. The fourth-order valence-corrected chi connectivity index (χ4v) is 7.34. The first-order chi connectivity index (χ1) is 29.8. The first-order valence-electron chi connectivity index (χ1n) is 20.3. The fraction of sp³-hybridized carbons (Fsp3) is 0.311. The lowest BCUT2D eigenvalue weighted by Crippen LogP contribution is -2.59. The van der Waals surface area contributed by atoms with Crippen LogP contribution in [0.25, 0.3) is 22.0 Å². The van der Waals surface area contributed by atoms with Crippen LogP contribution in [-0.4, -0.2) is 89.9 Å². The first kappa shape index (κ1) is 45.7. The van der Waals surface area contributed by atoms with Gasteiger partial charge in [-0.3, -0.25) is 29.4 Å². The van der Waals surface area contributed by atoms with Gasteiger partial charge in [0.2, 0.25) is 29.5 Å². The number of aromatic amines is 1. The van der Waals surface area contributed by atoms with E-state index < -0.39 is 65.8 Å². The van der Waals surface area contributed by atoms with Crippen LogP contribution in [0.3, 0.4) is 0 Å². The predicted molar refractivity (Wildman–Crippen MR) is 235 cm³/mol. The molecule has 17 heteroatoms. The number of fused-ring (bicyclic) bond motifs is 4. The topological polar surface area (TPSA) is 276 Å². The first-order valence-corrected chi connectivity index (χ1v) is 20.3. The van der Waals surface area contributed by atoms with Crippen molar-refractivity contribution >= 4 is 52.5 Å². The molecule has 6 amide bonds. The Balaban J connectivity index is 1.27. The molecule has 1 aliphatic carbocycles. The molecule has 5 rings (SSSR count). The molecule has 1 heterocycles. The molecule has 0 radical (unpaired) electrons. The number of hydrogen-bond acceptors (Lipinski definition) is 8. The normalized spacial score (nSPS) is 14.0. The number of para-hydroxylation sites is 1. The number of carbonyl (C=O) groups excluding carboxylic acids is 6. The Labute approximate surface area is 359 Å². The van der Waals surface area contributed by atoms with Crippen LogP contribution in [0.15, 0.2) is 104 Å². The zero-order valence-electron chi connectivity index (χ0n) is 34.5. The summed E-state index contributed by atoms with van der Waals surface area (Å²) in [4.78, 5) is 83.4. The van der Waals surface area contributed by atoms with Crippen LogP contribution < -0.4 is 43.4 Å². The molecule has 3 aromatic carbocycles. The van der Waals surface area contributed by atoms with Gasteiger partial charge < -0.3 is 53.1 Å². The molecule has 12 N–H and O–H groups in total. The van der Waals surface area contributed by atoms with E-state index in [1.54, 1.807) is 6.20 Å². The van der Waals surface area contributed by atoms with Crippen molar-refractivity contribution in [1.82, 2.24) is 36.9 Å². The molecule has 0 saturated carbocycles. The van der Waals surface area contributed by atoms with Gasteiger partial charge in [0, 0.05) is 36.0 Å². The molecule has 0 unspecified atom stereocenters. The summed E-state index contributed by atoms with van der Waals surface area (Å²) >= 11 is 0. The molecule has 326 valence electrons. The van der Waals surface area contributed by atoms with Crippen LogP contribution in [0.1, 0.15) is 55.2 Å². The molecule has 5 atom stereocenters. The summed E-state index contributed by atoms with van der Waals surface area (Å²) in [5, 5.41) is 24.1. The van der Waals surface area contributed by atoms with Gasteiger partial charge in [0.1, 0.15) is 36.8 Å². The number of nitrogens with one attached hydrogen (secondary N) is 8. The Morgan fingerprint density at radius 2 is 1.31 bits per heavy atom. The molecule has 0 saturated heterocycles. The van der Waals surface area contributed by atoms with E-state index in [0.29, 0.717) is 5.56 Å². The lowest BCUT2D eigenvalue weighted by molar-refractivity contribution is -0.134. The number of alkyl carbamates (subject to hydrolysis) is 1. The zero-order valence-corrected chi connectivity index (χ0v) is 34.5. The maximum absolute atomic E-state index is 14.1. The van der Waals surface area contributed by atoms with Gasteiger partial charge in [0.25, 0.3) is 0 Å². The Hall–Kier alpha value is -7.43. The second-order valence-electron chi connectivity index (χ2n) is 14.9. The van der Waals surface area contributed by atoms with E-state index in [9.17, 15) is 28.8 Å². The maximum atomic E-state index is 14.1. The van der Waals surface area contributed by atoms with Gasteiger partial charge in [-0.15, -0.1) is 13.2 Å². The smallest absolute Gasteiger partial charge is 0.407 e. The number of nitrogens with two attached hydrogens (primary N) is 2. The fourth-order valence-electron chi connectivity index (χ4n) is 7.34. The number of carbonyl (C=O) groups is 6. The minimum atomic E-state index is -1.27. The highest BCUT2D eigenvalue weighted by Gasteiger charge is 2.33. The van der Waals surface area contributed by atoms with E-state index in [-0.39, 0.29) is 57.1 Å². The van der Waals surface area contributed by atoms with Gasteiger partial charge >= 0.3 is 6.09 Å². The molecule has 0 bridgehead atoms. The molecule has 0 spiro atoms. The van der Waals surface area contributed by atoms with Gasteiger partial charge in [-0.2, -0.15) is 0 Å². The van der Waals surface area contributed by atoms with Gasteiger partial charge in [-0.25, -0.2) is 4.79 Å². The van der Waals surface area contributed by atoms with Gasteiger partial charge in [-0.1, -0.05) is 78.9 Å². The van der Waals surface area contributed by atoms with Gasteiger partial charge in [0.05, 0.1) is 0 Å². The molecule has 1 aromatic heterocycles. The Kier molecular flexibility index (Phi) is 16.0. The van der Waals surface area contributed by atoms with Crippen molar-refractivity contribution in [2.45, 2.75) is 75.2 Å². The van der Waals surface area contributed by atoms with Crippen LogP contribution >= 0.6 is 0 Å². The Morgan fingerprint density at radius 1 is 0.742 bits per heavy atom. The number of hydrogen-bond donors (Lipinski definition) is 10. The average molecular weight is 847 g/mol. The zero-order chi connectivity index (χ0) is 44.8.